The summed E-state index contributed by atoms with van der Waals surface area (Å²) in [7, 11) is 1.61. The van der Waals surface area contributed by atoms with Crippen LogP contribution in [0.2, 0.25) is 0 Å². The van der Waals surface area contributed by atoms with Crippen LogP contribution in [-0.4, -0.2) is 26.3 Å². The molecule has 0 aromatic heterocycles. The molecule has 0 aliphatic rings. The van der Waals surface area contributed by atoms with E-state index >= 15 is 0 Å². The van der Waals surface area contributed by atoms with Crippen molar-refractivity contribution in [2.75, 3.05) is 20.3 Å². The predicted molar refractivity (Wildman–Crippen MR) is 94.3 cm³/mol. The van der Waals surface area contributed by atoms with Crippen LogP contribution in [0.4, 0.5) is 0 Å². The SMILES string of the molecule is CCOC(=O)[C@](C#N)(C/C=C/CCOC)[C@@](C)(C#N)c1ccccc1. The van der Waals surface area contributed by atoms with E-state index in [-0.39, 0.29) is 13.0 Å². The molecule has 1 aromatic rings. The molecule has 0 fully saturated rings. The topological polar surface area (TPSA) is 83.1 Å². The quantitative estimate of drug-likeness (QED) is 0.390. The van der Waals surface area contributed by atoms with Gasteiger partial charge in [-0.25, -0.2) is 0 Å². The lowest BCUT2D eigenvalue weighted by molar-refractivity contribution is -0.154. The molecule has 0 aliphatic heterocycles. The summed E-state index contributed by atoms with van der Waals surface area (Å²) < 4.78 is 10.2. The molecule has 1 rings (SSSR count). The Balaban J connectivity index is 3.38. The first-order valence-corrected chi connectivity index (χ1v) is 8.21. The summed E-state index contributed by atoms with van der Waals surface area (Å²) in [5, 5.41) is 19.9. The van der Waals surface area contributed by atoms with Gasteiger partial charge in [0.2, 0.25) is 0 Å². The highest BCUT2D eigenvalue weighted by Crippen LogP contribution is 2.45. The molecule has 5 nitrogen and oxygen atoms in total. The number of ether oxygens (including phenoxy) is 2. The Morgan fingerprint density at radius 2 is 1.88 bits per heavy atom. The average Bonchev–Trinajstić information content (AvgIpc) is 2.65. The van der Waals surface area contributed by atoms with Gasteiger partial charge in [0.25, 0.3) is 0 Å². The van der Waals surface area contributed by atoms with Gasteiger partial charge < -0.3 is 9.47 Å². The molecule has 0 radical (unpaired) electrons. The minimum absolute atomic E-state index is 0.0883. The molecule has 0 saturated heterocycles. The zero-order valence-electron chi connectivity index (χ0n) is 15.0. The maximum Gasteiger partial charge on any atom is 0.328 e. The van der Waals surface area contributed by atoms with E-state index in [2.05, 4.69) is 12.1 Å². The second-order valence-electron chi connectivity index (χ2n) is 5.80. The normalized spacial score (nSPS) is 15.6. The van der Waals surface area contributed by atoms with Crippen molar-refractivity contribution in [1.82, 2.24) is 0 Å². The van der Waals surface area contributed by atoms with E-state index in [9.17, 15) is 15.3 Å². The number of nitrogens with zero attached hydrogens (tertiary/aromatic N) is 2. The highest BCUT2D eigenvalue weighted by atomic mass is 16.5. The van der Waals surface area contributed by atoms with Crippen LogP contribution in [0, 0.1) is 28.1 Å². The van der Waals surface area contributed by atoms with Crippen molar-refractivity contribution < 1.29 is 14.3 Å². The van der Waals surface area contributed by atoms with Crippen molar-refractivity contribution in [3.8, 4) is 12.1 Å². The first-order chi connectivity index (χ1) is 12.0. The van der Waals surface area contributed by atoms with Gasteiger partial charge >= 0.3 is 5.97 Å². The highest BCUT2D eigenvalue weighted by Gasteiger charge is 2.56. The number of hydrogen-bond donors (Lipinski definition) is 0. The lowest BCUT2D eigenvalue weighted by atomic mass is 9.60. The lowest BCUT2D eigenvalue weighted by Gasteiger charge is -2.36. The number of rotatable bonds is 9. The Bertz CT molecular complexity index is 672. The van der Waals surface area contributed by atoms with Gasteiger partial charge in [-0.2, -0.15) is 10.5 Å². The maximum absolute atomic E-state index is 12.7. The standard InChI is InChI=1S/C20H24N2O3/c1-4-25-18(23)20(16-22,13-9-6-10-14-24-3)19(2,15-21)17-11-7-5-8-12-17/h5-9,11-12H,4,10,13-14H2,1-3H3/b9-6+/t19-,20+/m0/s1. The summed E-state index contributed by atoms with van der Waals surface area (Å²) in [6.07, 6.45) is 4.34. The number of nitriles is 2. The van der Waals surface area contributed by atoms with Crippen LogP contribution in [0.15, 0.2) is 42.5 Å². The summed E-state index contributed by atoms with van der Waals surface area (Å²) in [4.78, 5) is 12.7. The van der Waals surface area contributed by atoms with Gasteiger partial charge in [0.1, 0.15) is 5.41 Å². The van der Waals surface area contributed by atoms with Crippen molar-refractivity contribution in [3.63, 3.8) is 0 Å². The Kier molecular flexibility index (Phi) is 7.85. The van der Waals surface area contributed by atoms with E-state index in [4.69, 9.17) is 9.47 Å². The van der Waals surface area contributed by atoms with Crippen molar-refractivity contribution in [2.24, 2.45) is 5.41 Å². The molecule has 0 amide bonds. The van der Waals surface area contributed by atoms with Crippen LogP contribution in [0.25, 0.3) is 0 Å². The molecule has 0 saturated carbocycles. The number of carbonyl (C=O) groups excluding carboxylic acids is 1. The van der Waals surface area contributed by atoms with Crippen LogP contribution in [0.5, 0.6) is 0 Å². The molecule has 0 spiro atoms. The molecular weight excluding hydrogens is 316 g/mol. The van der Waals surface area contributed by atoms with E-state index in [1.54, 1.807) is 51.3 Å². The van der Waals surface area contributed by atoms with Crippen molar-refractivity contribution >= 4 is 5.97 Å². The molecule has 132 valence electrons. The van der Waals surface area contributed by atoms with Crippen LogP contribution in [0.3, 0.4) is 0 Å². The third-order valence-corrected chi connectivity index (χ3v) is 4.32. The van der Waals surface area contributed by atoms with E-state index in [0.717, 1.165) is 0 Å². The first kappa shape index (κ1) is 20.4. The zero-order chi connectivity index (χ0) is 18.8. The van der Waals surface area contributed by atoms with Crippen LogP contribution in [0.1, 0.15) is 32.3 Å². The molecule has 0 aliphatic carbocycles. The van der Waals surface area contributed by atoms with Crippen molar-refractivity contribution in [2.45, 2.75) is 32.1 Å². The molecule has 2 atom stereocenters. The van der Waals surface area contributed by atoms with Gasteiger partial charge in [-0.3, -0.25) is 4.79 Å². The Hall–Kier alpha value is -2.63. The number of benzene rings is 1. The smallest absolute Gasteiger partial charge is 0.328 e. The molecule has 5 heteroatoms. The van der Waals surface area contributed by atoms with Crippen molar-refractivity contribution in [3.05, 3.63) is 48.0 Å². The molecule has 25 heavy (non-hydrogen) atoms. The van der Waals surface area contributed by atoms with E-state index in [0.29, 0.717) is 18.6 Å². The van der Waals surface area contributed by atoms with Crippen LogP contribution < -0.4 is 0 Å². The Morgan fingerprint density at radius 1 is 1.20 bits per heavy atom. The number of hydrogen-bond acceptors (Lipinski definition) is 5. The Morgan fingerprint density at radius 3 is 2.40 bits per heavy atom. The summed E-state index contributed by atoms with van der Waals surface area (Å²) in [6.45, 7) is 3.99. The summed E-state index contributed by atoms with van der Waals surface area (Å²) >= 11 is 0. The number of methoxy groups -OCH3 is 1. The minimum atomic E-state index is -1.64. The zero-order valence-corrected chi connectivity index (χ0v) is 15.0. The monoisotopic (exact) mass is 340 g/mol. The fraction of sp³-hybridized carbons (Fsp3) is 0.450. The molecule has 1 aromatic carbocycles. The average molecular weight is 340 g/mol. The number of carbonyl (C=O) groups is 1. The van der Waals surface area contributed by atoms with Gasteiger partial charge in [0.05, 0.1) is 18.7 Å². The van der Waals surface area contributed by atoms with Crippen LogP contribution >= 0.6 is 0 Å². The molecule has 0 heterocycles. The van der Waals surface area contributed by atoms with Crippen LogP contribution in [-0.2, 0) is 19.7 Å². The number of esters is 1. The molecule has 0 bridgehead atoms. The predicted octanol–water partition coefficient (Wildman–Crippen LogP) is 3.52. The maximum atomic E-state index is 12.7. The fourth-order valence-electron chi connectivity index (χ4n) is 2.69. The third-order valence-electron chi connectivity index (χ3n) is 4.32. The van der Waals surface area contributed by atoms with E-state index in [1.165, 1.54) is 0 Å². The second-order valence-corrected chi connectivity index (χ2v) is 5.80. The number of allylic oxidation sites excluding steroid dienone is 1. The van der Waals surface area contributed by atoms with Gasteiger partial charge in [0, 0.05) is 13.7 Å². The third kappa shape index (κ3) is 4.26. The van der Waals surface area contributed by atoms with Gasteiger partial charge in [0.15, 0.2) is 5.41 Å². The lowest BCUT2D eigenvalue weighted by Crippen LogP contribution is -2.48. The summed E-state index contributed by atoms with van der Waals surface area (Å²) in [5.41, 5.74) is -2.37. The van der Waals surface area contributed by atoms with Gasteiger partial charge in [-0.05, 0) is 32.3 Å². The summed E-state index contributed by atoms with van der Waals surface area (Å²) in [6, 6.07) is 13.2. The Labute approximate surface area is 149 Å². The van der Waals surface area contributed by atoms with Gasteiger partial charge in [-0.15, -0.1) is 0 Å². The van der Waals surface area contributed by atoms with E-state index < -0.39 is 16.8 Å². The van der Waals surface area contributed by atoms with Crippen molar-refractivity contribution in [1.29, 1.82) is 10.5 Å². The second kappa shape index (κ2) is 9.61. The van der Waals surface area contributed by atoms with E-state index in [1.807, 2.05) is 12.1 Å². The summed E-state index contributed by atoms with van der Waals surface area (Å²) in [5.74, 6) is -0.679. The minimum Gasteiger partial charge on any atom is -0.465 e. The molecule has 0 N–H and O–H groups in total. The largest absolute Gasteiger partial charge is 0.465 e. The first-order valence-electron chi connectivity index (χ1n) is 8.21. The van der Waals surface area contributed by atoms with Gasteiger partial charge in [-0.1, -0.05) is 42.5 Å². The fourth-order valence-corrected chi connectivity index (χ4v) is 2.69. The highest BCUT2D eigenvalue weighted by molar-refractivity contribution is 5.84. The molecule has 0 unspecified atom stereocenters. The molecular formula is C20H24N2O3.